The van der Waals surface area contributed by atoms with Crippen LogP contribution in [0, 0.1) is 0 Å². The topological polar surface area (TPSA) is 88.7 Å². The lowest BCUT2D eigenvalue weighted by molar-refractivity contribution is 0.0696. The smallest absolute Gasteiger partial charge is 0.335 e. The second-order valence-corrected chi connectivity index (χ2v) is 8.84. The highest BCUT2D eigenvalue weighted by Crippen LogP contribution is 2.34. The van der Waals surface area contributed by atoms with Crippen LogP contribution in [-0.2, 0) is 6.54 Å². The Hall–Kier alpha value is -4.33. The summed E-state index contributed by atoms with van der Waals surface area (Å²) in [7, 11) is 0. The van der Waals surface area contributed by atoms with E-state index in [2.05, 4.69) is 10.2 Å². The molecule has 1 N–H and O–H groups in total. The molecule has 184 valence electrons. The van der Waals surface area contributed by atoms with E-state index in [4.69, 9.17) is 32.4 Å². The molecule has 5 rings (SSSR count). The van der Waals surface area contributed by atoms with Crippen molar-refractivity contribution in [2.45, 2.75) is 6.54 Å². The molecule has 0 spiro atoms. The van der Waals surface area contributed by atoms with Gasteiger partial charge in [-0.05, 0) is 60.2 Å². The van der Waals surface area contributed by atoms with Gasteiger partial charge < -0.3 is 14.3 Å². The van der Waals surface area contributed by atoms with Crippen molar-refractivity contribution in [3.05, 3.63) is 118 Å². The van der Waals surface area contributed by atoms with Crippen LogP contribution in [0.25, 0.3) is 11.5 Å². The maximum Gasteiger partial charge on any atom is 0.335 e. The van der Waals surface area contributed by atoms with Crippen molar-refractivity contribution in [1.82, 2.24) is 10.2 Å². The van der Waals surface area contributed by atoms with Crippen LogP contribution in [-0.4, -0.2) is 21.3 Å². The summed E-state index contributed by atoms with van der Waals surface area (Å²) in [5, 5.41) is 18.6. The number of carboxylic acid groups (broad SMARTS) is 1. The van der Waals surface area contributed by atoms with Crippen molar-refractivity contribution in [1.29, 1.82) is 0 Å². The standard InChI is InChI=1S/C28H19Cl2N3O4/c29-24-13-12-21(16-25(24)30)33(17-18-6-2-1-3-7-18)28-32-31-26(37-28)19-8-4-10-22(14-19)36-23-11-5-9-20(15-23)27(34)35/h1-16H,17H2,(H,34,35). The van der Waals surface area contributed by atoms with E-state index in [1.165, 1.54) is 12.1 Å². The predicted octanol–water partition coefficient (Wildman–Crippen LogP) is 7.87. The maximum atomic E-state index is 11.3. The van der Waals surface area contributed by atoms with E-state index < -0.39 is 5.97 Å². The van der Waals surface area contributed by atoms with Crippen molar-refractivity contribution >= 4 is 40.9 Å². The monoisotopic (exact) mass is 531 g/mol. The second kappa shape index (κ2) is 10.7. The molecule has 0 radical (unpaired) electrons. The second-order valence-electron chi connectivity index (χ2n) is 8.02. The maximum absolute atomic E-state index is 11.3. The Balaban J connectivity index is 1.44. The SMILES string of the molecule is O=C(O)c1cccc(Oc2cccc(-c3nnc(N(Cc4ccccc4)c4ccc(Cl)c(Cl)c4)o3)c2)c1. The van der Waals surface area contributed by atoms with Gasteiger partial charge in [0.15, 0.2) is 0 Å². The zero-order chi connectivity index (χ0) is 25.8. The molecule has 0 unspecified atom stereocenters. The number of benzene rings is 4. The number of aromatic nitrogens is 2. The lowest BCUT2D eigenvalue weighted by atomic mass is 10.2. The number of hydrogen-bond acceptors (Lipinski definition) is 6. The Morgan fingerprint density at radius 3 is 2.35 bits per heavy atom. The van der Waals surface area contributed by atoms with Gasteiger partial charge in [-0.15, -0.1) is 5.10 Å². The highest BCUT2D eigenvalue weighted by molar-refractivity contribution is 6.42. The number of anilines is 2. The molecule has 0 saturated heterocycles. The van der Waals surface area contributed by atoms with E-state index in [1.54, 1.807) is 42.5 Å². The number of halogens is 2. The van der Waals surface area contributed by atoms with Gasteiger partial charge in [-0.2, -0.15) is 0 Å². The summed E-state index contributed by atoms with van der Waals surface area (Å²) in [6.45, 7) is 0.462. The number of carboxylic acids is 1. The van der Waals surface area contributed by atoms with Crippen LogP contribution in [0.4, 0.5) is 11.7 Å². The molecular weight excluding hydrogens is 513 g/mol. The summed E-state index contributed by atoms with van der Waals surface area (Å²) in [6, 6.07) is 28.8. The van der Waals surface area contributed by atoms with E-state index in [-0.39, 0.29) is 17.5 Å². The Labute approximate surface area is 222 Å². The lowest BCUT2D eigenvalue weighted by Gasteiger charge is -2.21. The zero-order valence-corrected chi connectivity index (χ0v) is 20.7. The van der Waals surface area contributed by atoms with Gasteiger partial charge in [-0.3, -0.25) is 4.90 Å². The molecule has 0 fully saturated rings. The van der Waals surface area contributed by atoms with E-state index in [0.717, 1.165) is 11.3 Å². The third kappa shape index (κ3) is 5.74. The van der Waals surface area contributed by atoms with Crippen LogP contribution >= 0.6 is 23.2 Å². The number of rotatable bonds is 8. The molecule has 9 heteroatoms. The molecular formula is C28H19Cl2N3O4. The van der Waals surface area contributed by atoms with Crippen molar-refractivity contribution in [3.8, 4) is 23.0 Å². The molecule has 7 nitrogen and oxygen atoms in total. The molecule has 5 aromatic rings. The number of aromatic carboxylic acids is 1. The molecule has 0 saturated carbocycles. The highest BCUT2D eigenvalue weighted by atomic mass is 35.5. The Morgan fingerprint density at radius 2 is 1.59 bits per heavy atom. The van der Waals surface area contributed by atoms with E-state index in [0.29, 0.717) is 33.7 Å². The average Bonchev–Trinajstić information content (AvgIpc) is 3.40. The third-order valence-corrected chi connectivity index (χ3v) is 6.18. The first kappa shape index (κ1) is 24.4. The first-order valence-electron chi connectivity index (χ1n) is 11.2. The molecule has 0 aliphatic heterocycles. The Kier molecular flexibility index (Phi) is 7.07. The number of hydrogen-bond donors (Lipinski definition) is 1. The first-order chi connectivity index (χ1) is 18.0. The normalized spacial score (nSPS) is 10.8. The molecule has 37 heavy (non-hydrogen) atoms. The van der Waals surface area contributed by atoms with Crippen LogP contribution in [0.15, 0.2) is 101 Å². The molecule has 0 bridgehead atoms. The number of nitrogens with zero attached hydrogens (tertiary/aromatic N) is 3. The molecule has 1 aromatic heterocycles. The Morgan fingerprint density at radius 1 is 0.838 bits per heavy atom. The van der Waals surface area contributed by atoms with Gasteiger partial charge in [0, 0.05) is 11.3 Å². The minimum atomic E-state index is -1.03. The molecule has 1 heterocycles. The van der Waals surface area contributed by atoms with Gasteiger partial charge in [0.05, 0.1) is 22.2 Å². The summed E-state index contributed by atoms with van der Waals surface area (Å²) < 4.78 is 11.9. The van der Waals surface area contributed by atoms with E-state index in [9.17, 15) is 9.90 Å². The van der Waals surface area contributed by atoms with Crippen LogP contribution in [0.1, 0.15) is 15.9 Å². The molecule has 0 aliphatic carbocycles. The quantitative estimate of drug-likeness (QED) is 0.218. The van der Waals surface area contributed by atoms with Crippen LogP contribution < -0.4 is 9.64 Å². The zero-order valence-electron chi connectivity index (χ0n) is 19.2. The highest BCUT2D eigenvalue weighted by Gasteiger charge is 2.19. The fraction of sp³-hybridized carbons (Fsp3) is 0.0357. The van der Waals surface area contributed by atoms with Crippen molar-refractivity contribution in [2.75, 3.05) is 4.90 Å². The molecule has 4 aromatic carbocycles. The predicted molar refractivity (Wildman–Crippen MR) is 142 cm³/mol. The van der Waals surface area contributed by atoms with Gasteiger partial charge in [0.25, 0.3) is 0 Å². The summed E-state index contributed by atoms with van der Waals surface area (Å²) in [5.74, 6) is 0.153. The summed E-state index contributed by atoms with van der Waals surface area (Å²) in [5.41, 5.74) is 2.55. The van der Waals surface area contributed by atoms with Gasteiger partial charge in [-0.1, -0.05) is 70.8 Å². The van der Waals surface area contributed by atoms with Gasteiger partial charge in [0.2, 0.25) is 5.89 Å². The molecule has 0 aliphatic rings. The van der Waals surface area contributed by atoms with Gasteiger partial charge in [0.1, 0.15) is 11.5 Å². The van der Waals surface area contributed by atoms with Crippen LogP contribution in [0.5, 0.6) is 11.5 Å². The minimum absolute atomic E-state index is 0.135. The van der Waals surface area contributed by atoms with Crippen molar-refractivity contribution in [3.63, 3.8) is 0 Å². The Bertz CT molecular complexity index is 1560. The fourth-order valence-corrected chi connectivity index (χ4v) is 3.94. The van der Waals surface area contributed by atoms with Crippen molar-refractivity contribution in [2.24, 2.45) is 0 Å². The fourth-order valence-electron chi connectivity index (χ4n) is 3.65. The average molecular weight is 532 g/mol. The molecule has 0 atom stereocenters. The minimum Gasteiger partial charge on any atom is -0.478 e. The van der Waals surface area contributed by atoms with Crippen LogP contribution in [0.2, 0.25) is 10.0 Å². The van der Waals surface area contributed by atoms with E-state index in [1.807, 2.05) is 47.4 Å². The first-order valence-corrected chi connectivity index (χ1v) is 11.9. The lowest BCUT2D eigenvalue weighted by Crippen LogP contribution is -2.16. The van der Waals surface area contributed by atoms with Gasteiger partial charge in [-0.25, -0.2) is 4.79 Å². The third-order valence-electron chi connectivity index (χ3n) is 5.44. The number of ether oxygens (including phenoxy) is 1. The van der Waals surface area contributed by atoms with E-state index >= 15 is 0 Å². The summed E-state index contributed by atoms with van der Waals surface area (Å²) >= 11 is 12.4. The molecule has 0 amide bonds. The van der Waals surface area contributed by atoms with Gasteiger partial charge >= 0.3 is 12.0 Å². The van der Waals surface area contributed by atoms with Crippen LogP contribution in [0.3, 0.4) is 0 Å². The summed E-state index contributed by atoms with van der Waals surface area (Å²) in [6.07, 6.45) is 0. The largest absolute Gasteiger partial charge is 0.478 e. The number of carbonyl (C=O) groups is 1. The van der Waals surface area contributed by atoms with Crippen molar-refractivity contribution < 1.29 is 19.1 Å². The summed E-state index contributed by atoms with van der Waals surface area (Å²) in [4.78, 5) is 13.1.